The van der Waals surface area contributed by atoms with Crippen molar-refractivity contribution in [3.05, 3.63) is 68.3 Å². The van der Waals surface area contributed by atoms with E-state index in [2.05, 4.69) is 10.3 Å². The number of imide groups is 1. The van der Waals surface area contributed by atoms with E-state index in [0.29, 0.717) is 5.39 Å². The molecule has 3 heterocycles. The molecule has 0 saturated carbocycles. The van der Waals surface area contributed by atoms with Crippen LogP contribution >= 0.6 is 0 Å². The topological polar surface area (TPSA) is 150 Å². The van der Waals surface area contributed by atoms with E-state index in [0.717, 1.165) is 10.6 Å². The number of carbonyl (C=O) groups excluding carboxylic acids is 2. The van der Waals surface area contributed by atoms with Gasteiger partial charge >= 0.3 is 0 Å². The van der Waals surface area contributed by atoms with Crippen LogP contribution in [-0.4, -0.2) is 26.3 Å². The number of nitro benzene ring substituents is 1. The van der Waals surface area contributed by atoms with Crippen molar-refractivity contribution in [3.63, 3.8) is 0 Å². The highest BCUT2D eigenvalue weighted by molar-refractivity contribution is 6.23. The first-order valence-corrected chi connectivity index (χ1v) is 7.33. The Morgan fingerprint density at radius 1 is 1.12 bits per heavy atom. The number of carbonyl (C=O) groups is 2. The third-order valence-corrected chi connectivity index (χ3v) is 4.16. The second-order valence-corrected chi connectivity index (χ2v) is 5.56. The molecule has 0 atom stereocenters. The van der Waals surface area contributed by atoms with E-state index in [1.165, 1.54) is 30.6 Å². The lowest BCUT2D eigenvalue weighted by atomic mass is 10.1. The summed E-state index contributed by atoms with van der Waals surface area (Å²) in [4.78, 5) is 50.9. The van der Waals surface area contributed by atoms with Gasteiger partial charge in [-0.25, -0.2) is 0 Å². The Hall–Kier alpha value is -4.08. The molecule has 1 aromatic carbocycles. The number of non-ortho nitro benzene ring substituents is 1. The zero-order chi connectivity index (χ0) is 18.6. The third-order valence-electron chi connectivity index (χ3n) is 4.16. The predicted molar refractivity (Wildman–Crippen MR) is 90.2 cm³/mol. The summed E-state index contributed by atoms with van der Waals surface area (Å²) in [5, 5.41) is 13.9. The average molecular weight is 351 g/mol. The second kappa shape index (κ2) is 5.21. The van der Waals surface area contributed by atoms with Gasteiger partial charge in [-0.05, 0) is 12.1 Å². The highest BCUT2D eigenvalue weighted by atomic mass is 16.6. The maximum atomic E-state index is 12.6. The number of hydrogen-bond acceptors (Lipinski definition) is 7. The van der Waals surface area contributed by atoms with Gasteiger partial charge in [0.05, 0.1) is 27.1 Å². The van der Waals surface area contributed by atoms with Crippen LogP contribution in [0.3, 0.4) is 0 Å². The lowest BCUT2D eigenvalue weighted by molar-refractivity contribution is -0.383. The summed E-state index contributed by atoms with van der Waals surface area (Å²) < 4.78 is 1.03. The molecule has 3 aromatic rings. The maximum Gasteiger partial charge on any atom is 0.277 e. The highest BCUT2D eigenvalue weighted by Gasteiger charge is 2.32. The van der Waals surface area contributed by atoms with E-state index >= 15 is 0 Å². The van der Waals surface area contributed by atoms with Crippen LogP contribution in [0.4, 0.5) is 11.5 Å². The first kappa shape index (κ1) is 15.4. The molecule has 0 bridgehead atoms. The Morgan fingerprint density at radius 3 is 2.62 bits per heavy atom. The minimum absolute atomic E-state index is 0.0990. The molecule has 1 aliphatic heterocycles. The van der Waals surface area contributed by atoms with Crippen LogP contribution in [0.2, 0.25) is 0 Å². The van der Waals surface area contributed by atoms with Crippen molar-refractivity contribution in [2.45, 2.75) is 0 Å². The monoisotopic (exact) mass is 351 g/mol. The summed E-state index contributed by atoms with van der Waals surface area (Å²) in [6.07, 6.45) is 2.75. The molecule has 4 rings (SSSR count). The molecule has 0 aliphatic carbocycles. The van der Waals surface area contributed by atoms with Gasteiger partial charge in [0.2, 0.25) is 0 Å². The smallest absolute Gasteiger partial charge is 0.277 e. The van der Waals surface area contributed by atoms with Crippen LogP contribution in [0.25, 0.3) is 16.5 Å². The van der Waals surface area contributed by atoms with Crippen molar-refractivity contribution >= 4 is 34.1 Å². The first-order valence-electron chi connectivity index (χ1n) is 7.33. The van der Waals surface area contributed by atoms with Crippen molar-refractivity contribution in [2.75, 3.05) is 5.73 Å². The number of nitrogens with zero attached hydrogens (tertiary/aromatic N) is 3. The second-order valence-electron chi connectivity index (χ2n) is 5.56. The number of nitrogen functional groups attached to an aromatic ring is 1. The fourth-order valence-electron chi connectivity index (χ4n) is 3.04. The molecule has 0 spiro atoms. The fraction of sp³-hybridized carbons (Fsp3) is 0. The molecule has 3 N–H and O–H groups in total. The van der Waals surface area contributed by atoms with E-state index in [9.17, 15) is 24.5 Å². The van der Waals surface area contributed by atoms with Crippen LogP contribution in [0.15, 0.2) is 41.5 Å². The molecule has 0 saturated heterocycles. The van der Waals surface area contributed by atoms with Crippen molar-refractivity contribution in [1.29, 1.82) is 0 Å². The number of benzene rings is 1. The Morgan fingerprint density at radius 2 is 1.88 bits per heavy atom. The van der Waals surface area contributed by atoms with Gasteiger partial charge in [0, 0.05) is 29.9 Å². The van der Waals surface area contributed by atoms with Crippen molar-refractivity contribution < 1.29 is 14.5 Å². The summed E-state index contributed by atoms with van der Waals surface area (Å²) in [6.45, 7) is 0. The van der Waals surface area contributed by atoms with Gasteiger partial charge < -0.3 is 5.73 Å². The van der Waals surface area contributed by atoms with Gasteiger partial charge in [0.15, 0.2) is 0 Å². The van der Waals surface area contributed by atoms with E-state index < -0.39 is 22.3 Å². The third kappa shape index (κ3) is 1.99. The molecule has 2 aromatic heterocycles. The SMILES string of the molecule is Nc1c2c(cc(=O)n1-c1ccc([N+](=O)[O-])c3ccncc13)C(=O)NC2=O. The molecular formula is C16H9N5O5. The van der Waals surface area contributed by atoms with Crippen LogP contribution < -0.4 is 16.6 Å². The molecule has 1 aliphatic rings. The maximum absolute atomic E-state index is 12.6. The molecule has 10 nitrogen and oxygen atoms in total. The highest BCUT2D eigenvalue weighted by Crippen LogP contribution is 2.31. The number of hydrogen-bond donors (Lipinski definition) is 2. The van der Waals surface area contributed by atoms with Crippen LogP contribution in [0.5, 0.6) is 0 Å². The first-order chi connectivity index (χ1) is 12.4. The van der Waals surface area contributed by atoms with Gasteiger partial charge in [0.1, 0.15) is 5.82 Å². The van der Waals surface area contributed by atoms with E-state index in [1.807, 2.05) is 0 Å². The number of nitrogens with one attached hydrogen (secondary N) is 1. The van der Waals surface area contributed by atoms with E-state index in [4.69, 9.17) is 5.73 Å². The zero-order valence-electron chi connectivity index (χ0n) is 12.9. The van der Waals surface area contributed by atoms with Crippen LogP contribution in [0.1, 0.15) is 20.7 Å². The lowest BCUT2D eigenvalue weighted by Crippen LogP contribution is -2.24. The minimum atomic E-state index is -0.708. The molecule has 0 fully saturated rings. The van der Waals surface area contributed by atoms with Crippen molar-refractivity contribution in [1.82, 2.24) is 14.9 Å². The quantitative estimate of drug-likeness (QED) is 0.393. The lowest BCUT2D eigenvalue weighted by Gasteiger charge is -2.14. The zero-order valence-corrected chi connectivity index (χ0v) is 12.9. The number of nitrogens with two attached hydrogens (primary N) is 1. The van der Waals surface area contributed by atoms with Gasteiger partial charge in [-0.3, -0.25) is 39.4 Å². The molecule has 0 unspecified atom stereocenters. The molecule has 26 heavy (non-hydrogen) atoms. The molecular weight excluding hydrogens is 342 g/mol. The Labute approximate surface area is 144 Å². The Balaban J connectivity index is 2.10. The van der Waals surface area contributed by atoms with Gasteiger partial charge in [0.25, 0.3) is 23.1 Å². The van der Waals surface area contributed by atoms with Gasteiger partial charge in [-0.1, -0.05) is 0 Å². The largest absolute Gasteiger partial charge is 0.384 e. The van der Waals surface area contributed by atoms with Crippen molar-refractivity contribution in [3.8, 4) is 5.69 Å². The number of pyridine rings is 2. The van der Waals surface area contributed by atoms with Gasteiger partial charge in [-0.15, -0.1) is 0 Å². The summed E-state index contributed by atoms with van der Waals surface area (Å²) >= 11 is 0. The minimum Gasteiger partial charge on any atom is -0.384 e. The summed E-state index contributed by atoms with van der Waals surface area (Å²) in [7, 11) is 0. The molecule has 2 amide bonds. The number of aromatic nitrogens is 2. The van der Waals surface area contributed by atoms with E-state index in [-0.39, 0.29) is 33.7 Å². The Kier molecular flexibility index (Phi) is 3.09. The number of rotatable bonds is 2. The fourth-order valence-corrected chi connectivity index (χ4v) is 3.04. The van der Waals surface area contributed by atoms with Crippen molar-refractivity contribution in [2.24, 2.45) is 0 Å². The van der Waals surface area contributed by atoms with Gasteiger partial charge in [-0.2, -0.15) is 0 Å². The number of fused-ring (bicyclic) bond motifs is 2. The van der Waals surface area contributed by atoms with E-state index in [1.54, 1.807) is 0 Å². The number of nitro groups is 1. The molecule has 128 valence electrons. The Bertz CT molecular complexity index is 1210. The summed E-state index contributed by atoms with van der Waals surface area (Å²) in [6, 6.07) is 5.04. The van der Waals surface area contributed by atoms with Crippen LogP contribution in [-0.2, 0) is 0 Å². The summed E-state index contributed by atoms with van der Waals surface area (Å²) in [5.41, 5.74) is 5.21. The normalized spacial score (nSPS) is 12.9. The number of anilines is 1. The molecule has 0 radical (unpaired) electrons. The van der Waals surface area contributed by atoms with Crippen LogP contribution in [0, 0.1) is 10.1 Å². The average Bonchev–Trinajstić information content (AvgIpc) is 2.88. The predicted octanol–water partition coefficient (Wildman–Crippen LogP) is 0.760. The standard InChI is InChI=1S/C16H9N5O5/c17-14-13-8(15(23)19-16(13)24)5-12(22)20(14)10-1-2-11(21(25)26)7-3-4-18-6-9(7)10/h1-6H,17H2,(H,19,23,24). The summed E-state index contributed by atoms with van der Waals surface area (Å²) in [5.74, 6) is -1.63. The molecule has 10 heteroatoms. The number of amides is 2.